The molecule has 0 aliphatic heterocycles. The van der Waals surface area contributed by atoms with Crippen LogP contribution in [0.5, 0.6) is 0 Å². The first kappa shape index (κ1) is 13.6. The molecular formula is C18H22ClNO. The molecule has 4 rings (SSSR count). The smallest absolute Gasteiger partial charge is 0.224 e. The molecule has 3 atom stereocenters. The zero-order valence-electron chi connectivity index (χ0n) is 12.2. The molecule has 0 spiro atoms. The monoisotopic (exact) mass is 303 g/mol. The molecule has 0 radical (unpaired) electrons. The summed E-state index contributed by atoms with van der Waals surface area (Å²) in [6.07, 6.45) is 6.46. The van der Waals surface area contributed by atoms with Crippen molar-refractivity contribution in [1.82, 2.24) is 5.32 Å². The molecule has 21 heavy (non-hydrogen) atoms. The predicted octanol–water partition coefficient (Wildman–Crippen LogP) is 3.63. The lowest BCUT2D eigenvalue weighted by atomic mass is 9.92. The third-order valence-electron chi connectivity index (χ3n) is 5.64. The highest BCUT2D eigenvalue weighted by Gasteiger charge is 2.57. The summed E-state index contributed by atoms with van der Waals surface area (Å²) in [6, 6.07) is 9.02. The Morgan fingerprint density at radius 2 is 1.86 bits per heavy atom. The number of amides is 1. The van der Waals surface area contributed by atoms with Gasteiger partial charge in [0.15, 0.2) is 0 Å². The molecule has 3 aliphatic rings. The first-order valence-corrected chi connectivity index (χ1v) is 8.70. The van der Waals surface area contributed by atoms with Gasteiger partial charge in [0.1, 0.15) is 0 Å². The van der Waals surface area contributed by atoms with Crippen LogP contribution in [0.25, 0.3) is 0 Å². The summed E-state index contributed by atoms with van der Waals surface area (Å²) >= 11 is 6.14. The van der Waals surface area contributed by atoms with Gasteiger partial charge in [0.2, 0.25) is 5.91 Å². The van der Waals surface area contributed by atoms with Crippen LogP contribution in [0, 0.1) is 11.8 Å². The molecule has 1 amide bonds. The zero-order valence-corrected chi connectivity index (χ0v) is 13.0. The molecule has 3 heteroatoms. The number of halogens is 1. The second-order valence-corrected chi connectivity index (χ2v) is 7.53. The van der Waals surface area contributed by atoms with E-state index in [4.69, 9.17) is 11.6 Å². The first-order chi connectivity index (χ1) is 10.2. The van der Waals surface area contributed by atoms with E-state index in [1.165, 1.54) is 17.5 Å². The molecule has 1 aromatic carbocycles. The summed E-state index contributed by atoms with van der Waals surface area (Å²) in [5.74, 6) is 1.59. The normalized spacial score (nSPS) is 37.3. The SMILES string of the molecule is O=C(NC1CCC(Cl)CC1)C1C2CCc3ccccc3C21. The molecule has 3 aliphatic carbocycles. The van der Waals surface area contributed by atoms with Gasteiger partial charge in [0.25, 0.3) is 0 Å². The first-order valence-electron chi connectivity index (χ1n) is 8.26. The van der Waals surface area contributed by atoms with Gasteiger partial charge >= 0.3 is 0 Å². The number of fused-ring (bicyclic) bond motifs is 3. The Morgan fingerprint density at radius 1 is 1.10 bits per heavy atom. The molecule has 3 unspecified atom stereocenters. The maximum atomic E-state index is 12.6. The number of rotatable bonds is 2. The van der Waals surface area contributed by atoms with Gasteiger partial charge in [-0.25, -0.2) is 0 Å². The number of alkyl halides is 1. The summed E-state index contributed by atoms with van der Waals surface area (Å²) < 4.78 is 0. The van der Waals surface area contributed by atoms with Crippen LogP contribution in [0.1, 0.15) is 49.1 Å². The number of carbonyl (C=O) groups is 1. The molecule has 2 fully saturated rings. The average Bonchev–Trinajstić information content (AvgIpc) is 3.25. The molecular weight excluding hydrogens is 282 g/mol. The predicted molar refractivity (Wildman–Crippen MR) is 84.5 cm³/mol. The van der Waals surface area contributed by atoms with Gasteiger partial charge in [0, 0.05) is 17.3 Å². The fourth-order valence-corrected chi connectivity index (χ4v) is 4.67. The van der Waals surface area contributed by atoms with E-state index in [-0.39, 0.29) is 5.92 Å². The Balaban J connectivity index is 1.41. The lowest BCUT2D eigenvalue weighted by Crippen LogP contribution is -2.39. The van der Waals surface area contributed by atoms with Crippen LogP contribution in [0.3, 0.4) is 0 Å². The van der Waals surface area contributed by atoms with Crippen LogP contribution in [-0.4, -0.2) is 17.3 Å². The van der Waals surface area contributed by atoms with Crippen LogP contribution in [0.2, 0.25) is 0 Å². The van der Waals surface area contributed by atoms with Crippen molar-refractivity contribution in [1.29, 1.82) is 0 Å². The second-order valence-electron chi connectivity index (χ2n) is 6.91. The number of hydrogen-bond acceptors (Lipinski definition) is 1. The molecule has 2 saturated carbocycles. The number of hydrogen-bond donors (Lipinski definition) is 1. The van der Waals surface area contributed by atoms with Crippen LogP contribution in [-0.2, 0) is 11.2 Å². The van der Waals surface area contributed by atoms with Crippen molar-refractivity contribution in [2.45, 2.75) is 55.9 Å². The van der Waals surface area contributed by atoms with Crippen LogP contribution in [0.15, 0.2) is 24.3 Å². The van der Waals surface area contributed by atoms with Crippen LogP contribution >= 0.6 is 11.6 Å². The standard InChI is InChI=1S/C18H22ClNO/c19-12-6-8-13(9-7-12)20-18(21)17-15-10-5-11-3-1-2-4-14(11)16(15)17/h1-4,12-13,15-17H,5-10H2,(H,20,21). The van der Waals surface area contributed by atoms with Gasteiger partial charge in [0.05, 0.1) is 0 Å². The minimum Gasteiger partial charge on any atom is -0.353 e. The van der Waals surface area contributed by atoms with E-state index < -0.39 is 0 Å². The van der Waals surface area contributed by atoms with E-state index in [9.17, 15) is 4.79 Å². The molecule has 2 nitrogen and oxygen atoms in total. The van der Waals surface area contributed by atoms with E-state index in [1.54, 1.807) is 0 Å². The third-order valence-corrected chi connectivity index (χ3v) is 6.07. The third kappa shape index (κ3) is 2.48. The topological polar surface area (TPSA) is 29.1 Å². The lowest BCUT2D eigenvalue weighted by molar-refractivity contribution is -0.123. The van der Waals surface area contributed by atoms with Crippen molar-refractivity contribution in [2.24, 2.45) is 11.8 Å². The summed E-state index contributed by atoms with van der Waals surface area (Å²) in [5.41, 5.74) is 2.88. The van der Waals surface area contributed by atoms with Crippen molar-refractivity contribution in [3.63, 3.8) is 0 Å². The molecule has 0 bridgehead atoms. The Morgan fingerprint density at radius 3 is 2.67 bits per heavy atom. The van der Waals surface area contributed by atoms with Crippen LogP contribution < -0.4 is 5.32 Å². The van der Waals surface area contributed by atoms with Crippen molar-refractivity contribution < 1.29 is 4.79 Å². The molecule has 1 aromatic rings. The zero-order chi connectivity index (χ0) is 14.4. The van der Waals surface area contributed by atoms with E-state index in [2.05, 4.69) is 29.6 Å². The Kier molecular flexibility index (Phi) is 3.45. The summed E-state index contributed by atoms with van der Waals surface area (Å²) in [6.45, 7) is 0. The van der Waals surface area contributed by atoms with E-state index in [0.29, 0.717) is 29.2 Å². The van der Waals surface area contributed by atoms with Crippen molar-refractivity contribution in [2.75, 3.05) is 0 Å². The molecule has 0 aromatic heterocycles. The van der Waals surface area contributed by atoms with E-state index >= 15 is 0 Å². The molecule has 0 saturated heterocycles. The highest BCUT2D eigenvalue weighted by molar-refractivity contribution is 6.20. The van der Waals surface area contributed by atoms with Gasteiger partial charge in [-0.1, -0.05) is 24.3 Å². The summed E-state index contributed by atoms with van der Waals surface area (Å²) in [5, 5.41) is 3.60. The van der Waals surface area contributed by atoms with Crippen molar-refractivity contribution >= 4 is 17.5 Å². The Bertz CT molecular complexity index is 550. The Labute approximate surface area is 131 Å². The minimum atomic E-state index is 0.224. The van der Waals surface area contributed by atoms with Gasteiger partial charge < -0.3 is 5.32 Å². The maximum Gasteiger partial charge on any atom is 0.224 e. The van der Waals surface area contributed by atoms with E-state index in [0.717, 1.165) is 32.1 Å². The molecule has 1 N–H and O–H groups in total. The number of aryl methyl sites for hydroxylation is 1. The summed E-state index contributed by atoms with van der Waals surface area (Å²) in [4.78, 5) is 12.6. The van der Waals surface area contributed by atoms with Crippen molar-refractivity contribution in [3.8, 4) is 0 Å². The second kappa shape index (κ2) is 5.31. The highest BCUT2D eigenvalue weighted by Crippen LogP contribution is 2.59. The average molecular weight is 304 g/mol. The highest BCUT2D eigenvalue weighted by atomic mass is 35.5. The fraction of sp³-hybridized carbons (Fsp3) is 0.611. The molecule has 0 heterocycles. The lowest BCUT2D eigenvalue weighted by Gasteiger charge is -2.25. The van der Waals surface area contributed by atoms with Gasteiger partial charge in [-0.2, -0.15) is 0 Å². The van der Waals surface area contributed by atoms with Gasteiger partial charge in [-0.3, -0.25) is 4.79 Å². The minimum absolute atomic E-state index is 0.224. The fourth-order valence-electron chi connectivity index (χ4n) is 4.42. The van der Waals surface area contributed by atoms with Crippen molar-refractivity contribution in [3.05, 3.63) is 35.4 Å². The quantitative estimate of drug-likeness (QED) is 0.831. The number of nitrogens with one attached hydrogen (secondary N) is 1. The number of benzene rings is 1. The summed E-state index contributed by atoms with van der Waals surface area (Å²) in [7, 11) is 0. The number of carbonyl (C=O) groups excluding carboxylic acids is 1. The van der Waals surface area contributed by atoms with Gasteiger partial charge in [-0.05, 0) is 61.5 Å². The Hall–Kier alpha value is -1.02. The largest absolute Gasteiger partial charge is 0.353 e. The van der Waals surface area contributed by atoms with E-state index in [1.807, 2.05) is 0 Å². The maximum absolute atomic E-state index is 12.6. The van der Waals surface area contributed by atoms with Crippen LogP contribution in [0.4, 0.5) is 0 Å². The van der Waals surface area contributed by atoms with Gasteiger partial charge in [-0.15, -0.1) is 11.6 Å². The molecule has 112 valence electrons.